The van der Waals surface area contributed by atoms with Gasteiger partial charge in [0.05, 0.1) is 0 Å². The van der Waals surface area contributed by atoms with Crippen molar-refractivity contribution >= 4 is 5.91 Å². The number of hydrogen-bond acceptors (Lipinski definition) is 3. The van der Waals surface area contributed by atoms with E-state index in [1.54, 1.807) is 24.5 Å². The van der Waals surface area contributed by atoms with Crippen LogP contribution in [0.15, 0.2) is 24.5 Å². The number of carbonyl (C=O) groups excluding carboxylic acids is 1. The van der Waals surface area contributed by atoms with E-state index in [-0.39, 0.29) is 5.91 Å². The quantitative estimate of drug-likeness (QED) is 0.897. The number of hydrogen-bond donors (Lipinski definition) is 1. The molecular formula is C16H25N3O. The monoisotopic (exact) mass is 275 g/mol. The second-order valence-corrected chi connectivity index (χ2v) is 5.85. The number of aromatic nitrogens is 1. The largest absolute Gasteiger partial charge is 0.350 e. The number of nitrogens with one attached hydrogen (secondary N) is 1. The van der Waals surface area contributed by atoms with Crippen LogP contribution in [0.5, 0.6) is 0 Å². The van der Waals surface area contributed by atoms with Gasteiger partial charge in [-0.25, -0.2) is 0 Å². The molecule has 2 rings (SSSR count). The fourth-order valence-corrected chi connectivity index (χ4v) is 2.84. The van der Waals surface area contributed by atoms with Crippen molar-refractivity contribution in [2.75, 3.05) is 19.6 Å². The van der Waals surface area contributed by atoms with Crippen molar-refractivity contribution in [3.05, 3.63) is 30.1 Å². The number of piperidine rings is 1. The maximum absolute atomic E-state index is 12.1. The van der Waals surface area contributed by atoms with Crippen LogP contribution in [0.3, 0.4) is 0 Å². The summed E-state index contributed by atoms with van der Waals surface area (Å²) in [5.41, 5.74) is 0.682. The molecular weight excluding hydrogens is 250 g/mol. The molecule has 1 N–H and O–H groups in total. The van der Waals surface area contributed by atoms with E-state index in [4.69, 9.17) is 0 Å². The number of pyridine rings is 1. The molecule has 1 aromatic heterocycles. The average Bonchev–Trinajstić information content (AvgIpc) is 2.49. The van der Waals surface area contributed by atoms with E-state index in [0.717, 1.165) is 19.6 Å². The highest BCUT2D eigenvalue weighted by Gasteiger charge is 2.23. The zero-order chi connectivity index (χ0) is 14.4. The van der Waals surface area contributed by atoms with Crippen LogP contribution in [-0.2, 0) is 0 Å². The molecule has 0 saturated carbocycles. The summed E-state index contributed by atoms with van der Waals surface area (Å²) in [6.07, 6.45) is 7.20. The SMILES string of the molecule is CC(C)C(CNC(=O)c1ccncc1)N1CCCCC1. The van der Waals surface area contributed by atoms with E-state index in [2.05, 4.69) is 29.0 Å². The third kappa shape index (κ3) is 4.04. The molecule has 0 spiro atoms. The molecule has 110 valence electrons. The summed E-state index contributed by atoms with van der Waals surface area (Å²) in [5, 5.41) is 3.07. The lowest BCUT2D eigenvalue weighted by Crippen LogP contribution is -2.48. The minimum Gasteiger partial charge on any atom is -0.350 e. The Labute approximate surface area is 121 Å². The molecule has 0 radical (unpaired) electrons. The Balaban J connectivity index is 1.90. The van der Waals surface area contributed by atoms with E-state index in [1.165, 1.54) is 19.3 Å². The summed E-state index contributed by atoms with van der Waals surface area (Å²) in [4.78, 5) is 18.6. The summed E-state index contributed by atoms with van der Waals surface area (Å²) >= 11 is 0. The van der Waals surface area contributed by atoms with Crippen molar-refractivity contribution in [1.82, 2.24) is 15.2 Å². The van der Waals surface area contributed by atoms with E-state index in [9.17, 15) is 4.79 Å². The minimum atomic E-state index is -0.00457. The lowest BCUT2D eigenvalue weighted by molar-refractivity contribution is 0.0895. The van der Waals surface area contributed by atoms with Gasteiger partial charge in [0, 0.05) is 30.5 Å². The Morgan fingerprint density at radius 2 is 1.90 bits per heavy atom. The molecule has 1 aliphatic rings. The number of nitrogens with zero attached hydrogens (tertiary/aromatic N) is 2. The zero-order valence-corrected chi connectivity index (χ0v) is 12.5. The third-order valence-electron chi connectivity index (χ3n) is 4.04. The first kappa shape index (κ1) is 15.0. The van der Waals surface area contributed by atoms with Crippen molar-refractivity contribution in [3.63, 3.8) is 0 Å². The highest BCUT2D eigenvalue weighted by molar-refractivity contribution is 5.93. The van der Waals surface area contributed by atoms with Crippen molar-refractivity contribution in [3.8, 4) is 0 Å². The Bertz CT molecular complexity index is 413. The van der Waals surface area contributed by atoms with E-state index >= 15 is 0 Å². The van der Waals surface area contributed by atoms with Crippen molar-refractivity contribution in [2.24, 2.45) is 5.92 Å². The van der Waals surface area contributed by atoms with Crippen LogP contribution in [0.25, 0.3) is 0 Å². The number of rotatable bonds is 5. The predicted molar refractivity (Wildman–Crippen MR) is 80.6 cm³/mol. The van der Waals surface area contributed by atoms with Gasteiger partial charge in [0.1, 0.15) is 0 Å². The van der Waals surface area contributed by atoms with Gasteiger partial charge in [-0.15, -0.1) is 0 Å². The first-order valence-electron chi connectivity index (χ1n) is 7.61. The molecule has 1 saturated heterocycles. The standard InChI is InChI=1S/C16H25N3O/c1-13(2)15(19-10-4-3-5-11-19)12-18-16(20)14-6-8-17-9-7-14/h6-9,13,15H,3-5,10-12H2,1-2H3,(H,18,20). The summed E-state index contributed by atoms with van der Waals surface area (Å²) in [6, 6.07) is 3.93. The van der Waals surface area contributed by atoms with Crippen molar-refractivity contribution < 1.29 is 4.79 Å². The third-order valence-corrected chi connectivity index (χ3v) is 4.04. The van der Waals surface area contributed by atoms with Gasteiger partial charge < -0.3 is 5.32 Å². The van der Waals surface area contributed by atoms with Gasteiger partial charge in [0.15, 0.2) is 0 Å². The van der Waals surface area contributed by atoms with Crippen LogP contribution in [-0.4, -0.2) is 41.5 Å². The second kappa shape index (κ2) is 7.39. The maximum Gasteiger partial charge on any atom is 0.251 e. The van der Waals surface area contributed by atoms with E-state index in [1.807, 2.05) is 0 Å². The van der Waals surface area contributed by atoms with Gasteiger partial charge in [-0.3, -0.25) is 14.7 Å². The predicted octanol–water partition coefficient (Wildman–Crippen LogP) is 2.32. The minimum absolute atomic E-state index is 0.00457. The molecule has 1 unspecified atom stereocenters. The zero-order valence-electron chi connectivity index (χ0n) is 12.5. The van der Waals surface area contributed by atoms with Gasteiger partial charge in [-0.05, 0) is 44.0 Å². The van der Waals surface area contributed by atoms with Gasteiger partial charge >= 0.3 is 0 Å². The molecule has 1 atom stereocenters. The van der Waals surface area contributed by atoms with Crippen LogP contribution < -0.4 is 5.32 Å². The Morgan fingerprint density at radius 3 is 2.50 bits per heavy atom. The van der Waals surface area contributed by atoms with Gasteiger partial charge in [-0.1, -0.05) is 20.3 Å². The molecule has 4 nitrogen and oxygen atoms in total. The molecule has 1 aromatic rings. The number of amides is 1. The first-order chi connectivity index (χ1) is 9.68. The normalized spacial score (nSPS) is 17.9. The number of carbonyl (C=O) groups is 1. The molecule has 0 bridgehead atoms. The molecule has 4 heteroatoms. The summed E-state index contributed by atoms with van der Waals surface area (Å²) in [7, 11) is 0. The topological polar surface area (TPSA) is 45.2 Å². The van der Waals surface area contributed by atoms with Crippen LogP contribution in [0.2, 0.25) is 0 Å². The van der Waals surface area contributed by atoms with Crippen LogP contribution in [0, 0.1) is 5.92 Å². The molecule has 1 fully saturated rings. The van der Waals surface area contributed by atoms with E-state index < -0.39 is 0 Å². The molecule has 0 aromatic carbocycles. The highest BCUT2D eigenvalue weighted by Crippen LogP contribution is 2.17. The molecule has 0 aliphatic carbocycles. The summed E-state index contributed by atoms with van der Waals surface area (Å²) < 4.78 is 0. The molecule has 1 amide bonds. The van der Waals surface area contributed by atoms with Crippen molar-refractivity contribution in [1.29, 1.82) is 0 Å². The van der Waals surface area contributed by atoms with Crippen molar-refractivity contribution in [2.45, 2.75) is 39.2 Å². The molecule has 2 heterocycles. The van der Waals surface area contributed by atoms with Gasteiger partial charge in [-0.2, -0.15) is 0 Å². The summed E-state index contributed by atoms with van der Waals surface area (Å²) in [5.74, 6) is 0.542. The molecule has 20 heavy (non-hydrogen) atoms. The lowest BCUT2D eigenvalue weighted by atomic mass is 9.99. The van der Waals surface area contributed by atoms with Gasteiger partial charge in [0.25, 0.3) is 5.91 Å². The van der Waals surface area contributed by atoms with E-state index in [0.29, 0.717) is 17.5 Å². The smallest absolute Gasteiger partial charge is 0.251 e. The fraction of sp³-hybridized carbons (Fsp3) is 0.625. The number of likely N-dealkylation sites (tertiary alicyclic amines) is 1. The maximum atomic E-state index is 12.1. The summed E-state index contributed by atoms with van der Waals surface area (Å²) in [6.45, 7) is 7.51. The average molecular weight is 275 g/mol. The van der Waals surface area contributed by atoms with Gasteiger partial charge in [0.2, 0.25) is 0 Å². The van der Waals surface area contributed by atoms with Crippen LogP contribution in [0.4, 0.5) is 0 Å². The molecule has 1 aliphatic heterocycles. The Morgan fingerprint density at radius 1 is 1.25 bits per heavy atom. The Kier molecular flexibility index (Phi) is 5.53. The second-order valence-electron chi connectivity index (χ2n) is 5.85. The Hall–Kier alpha value is -1.42. The lowest BCUT2D eigenvalue weighted by Gasteiger charge is -2.37. The van der Waals surface area contributed by atoms with Crippen LogP contribution in [0.1, 0.15) is 43.5 Å². The fourth-order valence-electron chi connectivity index (χ4n) is 2.84. The first-order valence-corrected chi connectivity index (χ1v) is 7.61. The van der Waals surface area contributed by atoms with Crippen LogP contribution >= 0.6 is 0 Å². The highest BCUT2D eigenvalue weighted by atomic mass is 16.1.